The van der Waals surface area contributed by atoms with Crippen LogP contribution in [0.5, 0.6) is 0 Å². The molecule has 0 aromatic rings. The number of hydrogen-bond donors (Lipinski definition) is 0. The van der Waals surface area contributed by atoms with E-state index in [9.17, 15) is 0 Å². The van der Waals surface area contributed by atoms with E-state index in [0.29, 0.717) is 0 Å². The maximum absolute atomic E-state index is 5.91. The van der Waals surface area contributed by atoms with Crippen LogP contribution in [0.4, 0.5) is 0 Å². The molecule has 4 unspecified atom stereocenters. The average Bonchev–Trinajstić information content (AvgIpc) is 2.84. The van der Waals surface area contributed by atoms with Crippen molar-refractivity contribution in [2.45, 2.75) is 20.9 Å². The number of hydrogen-bond acceptors (Lipinski definition) is 1. The largest absolute Gasteiger partial charge is 0.350 e. The van der Waals surface area contributed by atoms with Crippen LogP contribution in [0.25, 0.3) is 0 Å². The van der Waals surface area contributed by atoms with Crippen LogP contribution in [0.15, 0.2) is 36.5 Å². The Morgan fingerprint density at radius 2 is 1.38 bits per heavy atom. The minimum Gasteiger partial charge on any atom is -0.350 e. The van der Waals surface area contributed by atoms with Gasteiger partial charge < -0.3 is 4.74 Å². The summed E-state index contributed by atoms with van der Waals surface area (Å²) in [5.74, 6) is 0. The molecule has 0 aromatic carbocycles. The molecule has 0 amide bonds. The van der Waals surface area contributed by atoms with Gasteiger partial charge in [-0.05, 0) is 12.2 Å². The van der Waals surface area contributed by atoms with E-state index in [0.717, 1.165) is 0 Å². The standard InChI is InChI=1S/C10H8Br2O/c11-7-3-4-8(12)10-6-2-1-5-9(7,10)13-10/h1-8H. The van der Waals surface area contributed by atoms with Crippen LogP contribution >= 0.6 is 31.9 Å². The molecule has 0 saturated carbocycles. The van der Waals surface area contributed by atoms with Gasteiger partial charge in [0, 0.05) is 0 Å². The van der Waals surface area contributed by atoms with E-state index in [2.05, 4.69) is 68.3 Å². The Morgan fingerprint density at radius 3 is 1.85 bits per heavy atom. The van der Waals surface area contributed by atoms with E-state index in [1.165, 1.54) is 0 Å². The summed E-state index contributed by atoms with van der Waals surface area (Å²) in [7, 11) is 0. The molecule has 1 aliphatic heterocycles. The van der Waals surface area contributed by atoms with E-state index in [-0.39, 0.29) is 20.9 Å². The molecule has 2 aliphatic carbocycles. The first-order valence-electron chi connectivity index (χ1n) is 4.25. The summed E-state index contributed by atoms with van der Waals surface area (Å²) in [4.78, 5) is 0.574. The molecule has 0 spiro atoms. The Labute approximate surface area is 93.8 Å². The number of rotatable bonds is 0. The molecular formula is C10H8Br2O. The molecule has 0 N–H and O–H groups in total. The van der Waals surface area contributed by atoms with Gasteiger partial charge in [-0.15, -0.1) is 0 Å². The Kier molecular flexibility index (Phi) is 1.55. The van der Waals surface area contributed by atoms with Crippen LogP contribution in [-0.4, -0.2) is 20.9 Å². The van der Waals surface area contributed by atoms with E-state index >= 15 is 0 Å². The number of epoxide rings is 1. The van der Waals surface area contributed by atoms with E-state index in [1.54, 1.807) is 0 Å². The van der Waals surface area contributed by atoms with Crippen LogP contribution in [-0.2, 0) is 4.74 Å². The molecule has 3 rings (SSSR count). The van der Waals surface area contributed by atoms with Gasteiger partial charge in [0.2, 0.25) is 0 Å². The van der Waals surface area contributed by atoms with Gasteiger partial charge in [-0.25, -0.2) is 0 Å². The van der Waals surface area contributed by atoms with Crippen molar-refractivity contribution >= 4 is 31.9 Å². The highest BCUT2D eigenvalue weighted by molar-refractivity contribution is 9.10. The van der Waals surface area contributed by atoms with Crippen LogP contribution < -0.4 is 0 Å². The Hall–Kier alpha value is 0.140. The fraction of sp³-hybridized carbons (Fsp3) is 0.400. The highest BCUT2D eigenvalue weighted by Crippen LogP contribution is 2.62. The van der Waals surface area contributed by atoms with Gasteiger partial charge in [-0.1, -0.05) is 56.2 Å². The molecule has 0 bridgehead atoms. The van der Waals surface area contributed by atoms with Gasteiger partial charge in [0.05, 0.1) is 9.65 Å². The maximum atomic E-state index is 5.91. The van der Waals surface area contributed by atoms with Gasteiger partial charge in [0.1, 0.15) is 11.2 Å². The Morgan fingerprint density at radius 1 is 0.923 bits per heavy atom. The molecule has 1 nitrogen and oxygen atoms in total. The lowest BCUT2D eigenvalue weighted by atomic mass is 9.80. The Bertz CT molecular complexity index is 315. The smallest absolute Gasteiger partial charge is 0.138 e. The van der Waals surface area contributed by atoms with E-state index in [4.69, 9.17) is 4.74 Å². The van der Waals surface area contributed by atoms with Crippen molar-refractivity contribution in [3.8, 4) is 0 Å². The summed E-state index contributed by atoms with van der Waals surface area (Å²) in [6.45, 7) is 0. The predicted molar refractivity (Wildman–Crippen MR) is 59.4 cm³/mol. The normalized spacial score (nSPS) is 55.8. The first-order chi connectivity index (χ1) is 6.21. The van der Waals surface area contributed by atoms with Gasteiger partial charge in [0.25, 0.3) is 0 Å². The summed E-state index contributed by atoms with van der Waals surface area (Å²) >= 11 is 7.26. The van der Waals surface area contributed by atoms with Crippen molar-refractivity contribution in [3.63, 3.8) is 0 Å². The SMILES string of the molecule is BrC1C=CC(Br)C23C=CC=CC12O3. The van der Waals surface area contributed by atoms with Gasteiger partial charge in [-0.2, -0.15) is 0 Å². The summed E-state index contributed by atoms with van der Waals surface area (Å²) in [6, 6.07) is 0. The first-order valence-corrected chi connectivity index (χ1v) is 6.08. The van der Waals surface area contributed by atoms with Gasteiger partial charge in [-0.3, -0.25) is 0 Å². The molecule has 3 heteroatoms. The van der Waals surface area contributed by atoms with Crippen LogP contribution in [0.3, 0.4) is 0 Å². The molecule has 4 atom stereocenters. The summed E-state index contributed by atoms with van der Waals surface area (Å²) in [6.07, 6.45) is 12.7. The zero-order chi connectivity index (χ0) is 9.10. The lowest BCUT2D eigenvalue weighted by molar-refractivity contribution is 0.317. The number of ether oxygens (including phenoxy) is 1. The van der Waals surface area contributed by atoms with Crippen molar-refractivity contribution < 1.29 is 4.74 Å². The maximum Gasteiger partial charge on any atom is 0.138 e. The fourth-order valence-corrected chi connectivity index (χ4v) is 3.75. The predicted octanol–water partition coefficient (Wildman–Crippen LogP) is 2.72. The summed E-state index contributed by atoms with van der Waals surface area (Å²) in [5.41, 5.74) is -0.269. The quantitative estimate of drug-likeness (QED) is 0.381. The number of alkyl halides is 2. The fourth-order valence-electron chi connectivity index (χ4n) is 2.19. The molecule has 1 saturated heterocycles. The second-order valence-electron chi connectivity index (χ2n) is 3.59. The molecule has 13 heavy (non-hydrogen) atoms. The van der Waals surface area contributed by atoms with Gasteiger partial charge >= 0.3 is 0 Å². The molecule has 0 aromatic heterocycles. The zero-order valence-electron chi connectivity index (χ0n) is 6.78. The lowest BCUT2D eigenvalue weighted by Crippen LogP contribution is -2.40. The average molecular weight is 304 g/mol. The van der Waals surface area contributed by atoms with Crippen LogP contribution in [0, 0.1) is 0 Å². The third kappa shape index (κ3) is 0.815. The van der Waals surface area contributed by atoms with E-state index in [1.807, 2.05) is 0 Å². The highest BCUT2D eigenvalue weighted by Gasteiger charge is 2.74. The molecule has 1 heterocycles. The highest BCUT2D eigenvalue weighted by atomic mass is 79.9. The zero-order valence-corrected chi connectivity index (χ0v) is 9.95. The van der Waals surface area contributed by atoms with Crippen molar-refractivity contribution in [2.24, 2.45) is 0 Å². The summed E-state index contributed by atoms with van der Waals surface area (Å²) in [5, 5.41) is 0. The summed E-state index contributed by atoms with van der Waals surface area (Å²) < 4.78 is 5.91. The second kappa shape index (κ2) is 2.38. The third-order valence-electron chi connectivity index (χ3n) is 2.97. The Balaban J connectivity index is 2.14. The molecule has 1 fully saturated rings. The topological polar surface area (TPSA) is 12.5 Å². The molecular weight excluding hydrogens is 296 g/mol. The monoisotopic (exact) mass is 302 g/mol. The molecule has 3 aliphatic rings. The van der Waals surface area contributed by atoms with Crippen molar-refractivity contribution in [1.82, 2.24) is 0 Å². The van der Waals surface area contributed by atoms with Crippen LogP contribution in [0.2, 0.25) is 0 Å². The first kappa shape index (κ1) is 8.45. The molecule has 68 valence electrons. The van der Waals surface area contributed by atoms with Crippen molar-refractivity contribution in [1.29, 1.82) is 0 Å². The lowest BCUT2D eigenvalue weighted by Gasteiger charge is -2.26. The van der Waals surface area contributed by atoms with Gasteiger partial charge in [0.15, 0.2) is 0 Å². The minimum atomic E-state index is -0.134. The number of allylic oxidation sites excluding steroid dienone is 2. The van der Waals surface area contributed by atoms with Crippen molar-refractivity contribution in [2.75, 3.05) is 0 Å². The number of halogens is 2. The van der Waals surface area contributed by atoms with Crippen molar-refractivity contribution in [3.05, 3.63) is 36.5 Å². The minimum absolute atomic E-state index is 0.134. The third-order valence-corrected chi connectivity index (χ3v) is 4.94. The molecule has 0 radical (unpaired) electrons. The second-order valence-corrected chi connectivity index (χ2v) is 5.57. The van der Waals surface area contributed by atoms with Crippen LogP contribution in [0.1, 0.15) is 0 Å². The van der Waals surface area contributed by atoms with E-state index < -0.39 is 0 Å².